The van der Waals surface area contributed by atoms with Crippen molar-refractivity contribution in [1.29, 1.82) is 0 Å². The molecule has 2 heteroatoms. The molecule has 0 atom stereocenters. The van der Waals surface area contributed by atoms with Gasteiger partial charge in [-0.3, -0.25) is 0 Å². The molecule has 1 nitrogen and oxygen atoms in total. The maximum atomic E-state index is 12.5. The van der Waals surface area contributed by atoms with Crippen molar-refractivity contribution in [1.82, 2.24) is 4.98 Å². The number of halogens is 1. The first kappa shape index (κ1) is 10.4. The zero-order valence-electron chi connectivity index (χ0n) is 8.87. The number of hydrogen-bond donors (Lipinski definition) is 0. The summed E-state index contributed by atoms with van der Waals surface area (Å²) < 4.78 is 12.5. The van der Waals surface area contributed by atoms with Gasteiger partial charge in [0.1, 0.15) is 0 Å². The SMILES string of the molecule is Cc1cccc(C#Cc2ccc(F)nc2)c1. The van der Waals surface area contributed by atoms with Gasteiger partial charge in [-0.15, -0.1) is 0 Å². The van der Waals surface area contributed by atoms with Gasteiger partial charge < -0.3 is 0 Å². The maximum absolute atomic E-state index is 12.5. The van der Waals surface area contributed by atoms with Crippen LogP contribution in [-0.4, -0.2) is 4.98 Å². The van der Waals surface area contributed by atoms with E-state index < -0.39 is 5.95 Å². The molecule has 0 saturated carbocycles. The summed E-state index contributed by atoms with van der Waals surface area (Å²) in [6.07, 6.45) is 1.43. The standard InChI is InChI=1S/C14H10FN/c1-11-3-2-4-12(9-11)5-6-13-7-8-14(15)16-10-13/h2-4,7-10H,1H3. The van der Waals surface area contributed by atoms with Crippen LogP contribution >= 0.6 is 0 Å². The van der Waals surface area contributed by atoms with Gasteiger partial charge in [0.15, 0.2) is 0 Å². The molecule has 0 unspecified atom stereocenters. The molecule has 0 spiro atoms. The van der Waals surface area contributed by atoms with Crippen LogP contribution < -0.4 is 0 Å². The number of rotatable bonds is 0. The Bertz CT molecular complexity index is 547. The molecule has 0 saturated heterocycles. The Hall–Kier alpha value is -2.14. The maximum Gasteiger partial charge on any atom is 0.212 e. The van der Waals surface area contributed by atoms with Gasteiger partial charge in [-0.25, -0.2) is 4.98 Å². The minimum atomic E-state index is -0.485. The molecule has 2 aromatic rings. The lowest BCUT2D eigenvalue weighted by Crippen LogP contribution is -1.82. The summed E-state index contributed by atoms with van der Waals surface area (Å²) in [5.41, 5.74) is 2.83. The highest BCUT2D eigenvalue weighted by molar-refractivity contribution is 5.42. The molecule has 1 aromatic heterocycles. The lowest BCUT2D eigenvalue weighted by Gasteiger charge is -1.92. The monoisotopic (exact) mass is 211 g/mol. The van der Waals surface area contributed by atoms with E-state index in [4.69, 9.17) is 0 Å². The van der Waals surface area contributed by atoms with Crippen LogP contribution in [0, 0.1) is 24.7 Å². The quantitative estimate of drug-likeness (QED) is 0.482. The van der Waals surface area contributed by atoms with Gasteiger partial charge in [-0.2, -0.15) is 4.39 Å². The fourth-order valence-electron chi connectivity index (χ4n) is 1.32. The molecule has 0 aliphatic heterocycles. The van der Waals surface area contributed by atoms with E-state index in [2.05, 4.69) is 16.8 Å². The average molecular weight is 211 g/mol. The van der Waals surface area contributed by atoms with Crippen LogP contribution in [0.3, 0.4) is 0 Å². The van der Waals surface area contributed by atoms with Gasteiger partial charge in [0.05, 0.1) is 0 Å². The van der Waals surface area contributed by atoms with Crippen LogP contribution in [0.2, 0.25) is 0 Å². The molecular weight excluding hydrogens is 201 g/mol. The van der Waals surface area contributed by atoms with Crippen LogP contribution in [0.4, 0.5) is 4.39 Å². The molecule has 1 aromatic carbocycles. The highest BCUT2D eigenvalue weighted by Crippen LogP contribution is 2.03. The summed E-state index contributed by atoms with van der Waals surface area (Å²) in [6, 6.07) is 10.8. The molecule has 0 N–H and O–H groups in total. The van der Waals surface area contributed by atoms with E-state index in [0.29, 0.717) is 5.56 Å². The second-order valence-electron chi connectivity index (χ2n) is 3.49. The molecule has 1 heterocycles. The zero-order valence-corrected chi connectivity index (χ0v) is 8.87. The van der Waals surface area contributed by atoms with Crippen molar-refractivity contribution in [2.75, 3.05) is 0 Å². The molecular formula is C14H10FN. The third kappa shape index (κ3) is 2.68. The number of pyridine rings is 1. The third-order valence-electron chi connectivity index (χ3n) is 2.10. The van der Waals surface area contributed by atoms with E-state index in [1.807, 2.05) is 31.2 Å². The van der Waals surface area contributed by atoms with Crippen LogP contribution in [-0.2, 0) is 0 Å². The molecule has 78 valence electrons. The fraction of sp³-hybridized carbons (Fsp3) is 0.0714. The summed E-state index contributed by atoms with van der Waals surface area (Å²) in [6.45, 7) is 2.02. The Morgan fingerprint density at radius 3 is 2.56 bits per heavy atom. The van der Waals surface area contributed by atoms with Gasteiger partial charge in [-0.05, 0) is 36.8 Å². The largest absolute Gasteiger partial charge is 0.227 e. The molecule has 0 aliphatic rings. The van der Waals surface area contributed by atoms with Gasteiger partial charge in [0.25, 0.3) is 0 Å². The number of nitrogens with zero attached hydrogens (tertiary/aromatic N) is 1. The number of aryl methyl sites for hydroxylation is 1. The van der Waals surface area contributed by atoms with E-state index in [0.717, 1.165) is 5.56 Å². The fourth-order valence-corrected chi connectivity index (χ4v) is 1.32. The van der Waals surface area contributed by atoms with Crippen LogP contribution in [0.15, 0.2) is 42.6 Å². The molecule has 0 radical (unpaired) electrons. The Morgan fingerprint density at radius 1 is 1.06 bits per heavy atom. The molecule has 0 amide bonds. The first-order chi connectivity index (χ1) is 7.74. The molecule has 2 rings (SSSR count). The van der Waals surface area contributed by atoms with Crippen molar-refractivity contribution < 1.29 is 4.39 Å². The predicted molar refractivity (Wildman–Crippen MR) is 61.4 cm³/mol. The normalized spacial score (nSPS) is 9.38. The van der Waals surface area contributed by atoms with E-state index >= 15 is 0 Å². The van der Waals surface area contributed by atoms with Crippen molar-refractivity contribution in [2.45, 2.75) is 6.92 Å². The highest BCUT2D eigenvalue weighted by Gasteiger charge is 1.90. The summed E-state index contributed by atoms with van der Waals surface area (Å²) in [4.78, 5) is 3.54. The van der Waals surface area contributed by atoms with Crippen LogP contribution in [0.25, 0.3) is 0 Å². The second-order valence-corrected chi connectivity index (χ2v) is 3.49. The predicted octanol–water partition coefficient (Wildman–Crippen LogP) is 2.93. The van der Waals surface area contributed by atoms with Crippen molar-refractivity contribution in [3.05, 3.63) is 65.2 Å². The average Bonchev–Trinajstić information content (AvgIpc) is 2.28. The number of hydrogen-bond acceptors (Lipinski definition) is 1. The van der Waals surface area contributed by atoms with Crippen LogP contribution in [0.5, 0.6) is 0 Å². The van der Waals surface area contributed by atoms with Gasteiger partial charge >= 0.3 is 0 Å². The summed E-state index contributed by atoms with van der Waals surface area (Å²) >= 11 is 0. The van der Waals surface area contributed by atoms with E-state index in [9.17, 15) is 4.39 Å². The Morgan fingerprint density at radius 2 is 1.88 bits per heavy atom. The first-order valence-corrected chi connectivity index (χ1v) is 4.94. The molecule has 16 heavy (non-hydrogen) atoms. The Balaban J connectivity index is 2.25. The minimum Gasteiger partial charge on any atom is -0.227 e. The lowest BCUT2D eigenvalue weighted by molar-refractivity contribution is 0.583. The zero-order chi connectivity index (χ0) is 11.4. The van der Waals surface area contributed by atoms with Gasteiger partial charge in [0.2, 0.25) is 5.95 Å². The highest BCUT2D eigenvalue weighted by atomic mass is 19.1. The van der Waals surface area contributed by atoms with E-state index in [-0.39, 0.29) is 0 Å². The Kier molecular flexibility index (Phi) is 2.98. The van der Waals surface area contributed by atoms with Crippen molar-refractivity contribution in [2.24, 2.45) is 0 Å². The molecule has 0 fully saturated rings. The topological polar surface area (TPSA) is 12.9 Å². The smallest absolute Gasteiger partial charge is 0.212 e. The summed E-state index contributed by atoms with van der Waals surface area (Å²) in [5, 5.41) is 0. The van der Waals surface area contributed by atoms with Crippen molar-refractivity contribution in [3.8, 4) is 11.8 Å². The summed E-state index contributed by atoms with van der Waals surface area (Å²) in [5.74, 6) is 5.46. The Labute approximate surface area is 94.0 Å². The first-order valence-electron chi connectivity index (χ1n) is 4.94. The van der Waals surface area contributed by atoms with E-state index in [1.54, 1.807) is 6.07 Å². The number of benzene rings is 1. The third-order valence-corrected chi connectivity index (χ3v) is 2.10. The lowest BCUT2D eigenvalue weighted by atomic mass is 10.1. The second kappa shape index (κ2) is 4.59. The van der Waals surface area contributed by atoms with Gasteiger partial charge in [0, 0.05) is 17.3 Å². The summed E-state index contributed by atoms with van der Waals surface area (Å²) in [7, 11) is 0. The number of aromatic nitrogens is 1. The molecule has 0 bridgehead atoms. The molecule has 0 aliphatic carbocycles. The van der Waals surface area contributed by atoms with Crippen LogP contribution in [0.1, 0.15) is 16.7 Å². The van der Waals surface area contributed by atoms with Crippen molar-refractivity contribution >= 4 is 0 Å². The van der Waals surface area contributed by atoms with Crippen molar-refractivity contribution in [3.63, 3.8) is 0 Å². The van der Waals surface area contributed by atoms with E-state index in [1.165, 1.54) is 17.8 Å². The minimum absolute atomic E-state index is 0.485. The van der Waals surface area contributed by atoms with Gasteiger partial charge in [-0.1, -0.05) is 24.0 Å².